The molecule has 42 heavy (non-hydrogen) atoms. The Morgan fingerprint density at radius 3 is 2.71 bits per heavy atom. The van der Waals surface area contributed by atoms with E-state index in [0.717, 1.165) is 16.7 Å². The first-order chi connectivity index (χ1) is 20.1. The Morgan fingerprint density at radius 1 is 1.29 bits per heavy atom. The topological polar surface area (TPSA) is 118 Å². The average Bonchev–Trinajstić information content (AvgIpc) is 3.59. The minimum absolute atomic E-state index is 0.0370. The Hall–Kier alpha value is -2.93. The first-order valence-electron chi connectivity index (χ1n) is 13.7. The molecule has 2 aromatic carbocycles. The van der Waals surface area contributed by atoms with Crippen LogP contribution in [0.3, 0.4) is 0 Å². The maximum absolute atomic E-state index is 13.7. The number of nitrogens with zero attached hydrogens (tertiary/aromatic N) is 2. The number of sulfonamides is 1. The van der Waals surface area contributed by atoms with E-state index in [9.17, 15) is 18.3 Å². The van der Waals surface area contributed by atoms with Crippen molar-refractivity contribution in [1.29, 1.82) is 0 Å². The molecule has 2 aliphatic heterocycles. The van der Waals surface area contributed by atoms with Crippen LogP contribution in [0.1, 0.15) is 52.5 Å². The summed E-state index contributed by atoms with van der Waals surface area (Å²) in [5.41, 5.74) is 3.05. The summed E-state index contributed by atoms with van der Waals surface area (Å²) in [7, 11) is -2.25. The molecule has 0 radical (unpaired) electrons. The fraction of sp³-hybridized carbons (Fsp3) is 0.400. The molecule has 0 unspecified atom stereocenters. The van der Waals surface area contributed by atoms with Gasteiger partial charge in [0.15, 0.2) is 0 Å². The van der Waals surface area contributed by atoms with Crippen LogP contribution in [0.25, 0.3) is 0 Å². The highest BCUT2D eigenvalue weighted by Crippen LogP contribution is 2.61. The van der Waals surface area contributed by atoms with Gasteiger partial charge in [-0.25, -0.2) is 4.83 Å². The Bertz CT molecular complexity index is 1660. The van der Waals surface area contributed by atoms with Gasteiger partial charge < -0.3 is 19.5 Å². The molecule has 4 atom stereocenters. The van der Waals surface area contributed by atoms with Gasteiger partial charge in [-0.3, -0.25) is 4.79 Å². The maximum Gasteiger partial charge on any atom is 0.276 e. The van der Waals surface area contributed by atoms with E-state index in [1.807, 2.05) is 24.4 Å². The molecular formula is C30H32BrN3O6S2. The van der Waals surface area contributed by atoms with Crippen LogP contribution in [0.4, 0.5) is 0 Å². The SMILES string of the molecule is COc1cc2c3c(c1Br)O[C@@H]1C/C(=N/NS(=O)(=O)c4ccc(C)cc4)C[C@@H](C)[C@]31C[C@@H](CO)N(C(=O)c1cccs1)C2. The standard InChI is InChI=1S/C30H32BrN3O6S2/c1-17-6-8-22(9-7-17)42(37,38)33-32-20-11-18(2)30-14-21(16-35)34(29(36)24-5-4-10-41-24)15-19-12-23(39-3)27(31)28(26(19)30)40-25(30)13-20/h4-10,12,18,21,25,33,35H,11,13-16H2,1-3H3/b32-20+/t18-,21+,25-,30+/m1/s1. The molecule has 3 heterocycles. The number of aryl methyl sites for hydroxylation is 1. The van der Waals surface area contributed by atoms with Crippen LogP contribution in [0.5, 0.6) is 11.5 Å². The lowest BCUT2D eigenvalue weighted by Crippen LogP contribution is -2.53. The monoisotopic (exact) mass is 673 g/mol. The molecule has 3 aromatic rings. The van der Waals surface area contributed by atoms with Crippen molar-refractivity contribution in [2.75, 3.05) is 13.7 Å². The predicted molar refractivity (Wildman–Crippen MR) is 164 cm³/mol. The van der Waals surface area contributed by atoms with Gasteiger partial charge in [0.2, 0.25) is 0 Å². The molecule has 1 amide bonds. The van der Waals surface area contributed by atoms with Gasteiger partial charge in [-0.2, -0.15) is 13.5 Å². The minimum atomic E-state index is -3.84. The first kappa shape index (κ1) is 29.2. The van der Waals surface area contributed by atoms with Crippen molar-refractivity contribution in [3.8, 4) is 11.5 Å². The number of thiophene rings is 1. The molecule has 222 valence electrons. The number of aliphatic hydroxyl groups excluding tert-OH is 1. The average molecular weight is 675 g/mol. The summed E-state index contributed by atoms with van der Waals surface area (Å²) in [5.74, 6) is 1.11. The highest BCUT2D eigenvalue weighted by Gasteiger charge is 2.59. The van der Waals surface area contributed by atoms with Gasteiger partial charge in [-0.05, 0) is 76.8 Å². The number of ether oxygens (including phenoxy) is 2. The van der Waals surface area contributed by atoms with Crippen LogP contribution in [-0.4, -0.2) is 55.9 Å². The Labute approximate surface area is 257 Å². The fourth-order valence-corrected chi connectivity index (χ4v) is 8.86. The number of amides is 1. The molecule has 1 spiro atoms. The van der Waals surface area contributed by atoms with Gasteiger partial charge in [0.25, 0.3) is 15.9 Å². The summed E-state index contributed by atoms with van der Waals surface area (Å²) in [5, 5.41) is 16.9. The number of nitrogens with one attached hydrogen (secondary N) is 1. The van der Waals surface area contributed by atoms with Crippen molar-refractivity contribution >= 4 is 48.9 Å². The molecule has 3 aliphatic rings. The maximum atomic E-state index is 13.7. The number of rotatable bonds is 6. The van der Waals surface area contributed by atoms with Crippen LogP contribution in [-0.2, 0) is 22.0 Å². The van der Waals surface area contributed by atoms with Crippen molar-refractivity contribution in [1.82, 2.24) is 9.73 Å². The molecule has 1 saturated carbocycles. The third-order valence-corrected chi connectivity index (χ3v) is 11.7. The third kappa shape index (κ3) is 4.72. The number of benzene rings is 2. The van der Waals surface area contributed by atoms with Crippen LogP contribution < -0.4 is 14.3 Å². The van der Waals surface area contributed by atoms with Crippen molar-refractivity contribution in [2.24, 2.45) is 11.0 Å². The number of methoxy groups -OCH3 is 1. The Morgan fingerprint density at radius 2 is 2.05 bits per heavy atom. The quantitative estimate of drug-likeness (QED) is 0.356. The highest BCUT2D eigenvalue weighted by atomic mass is 79.9. The molecule has 0 bridgehead atoms. The van der Waals surface area contributed by atoms with E-state index in [1.165, 1.54) is 11.3 Å². The second-order valence-corrected chi connectivity index (χ2v) is 14.7. The lowest BCUT2D eigenvalue weighted by atomic mass is 9.59. The van der Waals surface area contributed by atoms with E-state index in [2.05, 4.69) is 32.8 Å². The molecule has 0 saturated heterocycles. The molecule has 1 aromatic heterocycles. The Kier molecular flexibility index (Phi) is 7.61. The zero-order valence-electron chi connectivity index (χ0n) is 23.5. The summed E-state index contributed by atoms with van der Waals surface area (Å²) in [6.07, 6.45) is 1.02. The van der Waals surface area contributed by atoms with Gasteiger partial charge in [-0.15, -0.1) is 11.3 Å². The first-order valence-corrected chi connectivity index (χ1v) is 16.9. The number of carbonyl (C=O) groups is 1. The van der Waals surface area contributed by atoms with E-state index in [1.54, 1.807) is 42.3 Å². The van der Waals surface area contributed by atoms with Gasteiger partial charge in [0.05, 0.1) is 29.5 Å². The van der Waals surface area contributed by atoms with E-state index >= 15 is 0 Å². The predicted octanol–water partition coefficient (Wildman–Crippen LogP) is 5.00. The second kappa shape index (κ2) is 11.0. The largest absolute Gasteiger partial charge is 0.495 e. The zero-order valence-corrected chi connectivity index (χ0v) is 26.7. The summed E-state index contributed by atoms with van der Waals surface area (Å²) in [6.45, 7) is 4.11. The molecule has 1 fully saturated rings. The summed E-state index contributed by atoms with van der Waals surface area (Å²) in [6, 6.07) is 11.8. The number of aliphatic hydroxyl groups is 1. The number of carbonyl (C=O) groups excluding carboxylic acids is 1. The van der Waals surface area contributed by atoms with Gasteiger partial charge in [0, 0.05) is 29.7 Å². The molecule has 9 nitrogen and oxygen atoms in total. The number of halogens is 1. The summed E-state index contributed by atoms with van der Waals surface area (Å²) >= 11 is 5.07. The number of hydrazone groups is 1. The molecule has 1 aliphatic carbocycles. The molecule has 12 heteroatoms. The normalized spacial score (nSPS) is 25.8. The lowest BCUT2D eigenvalue weighted by Gasteiger charge is -2.45. The highest BCUT2D eigenvalue weighted by molar-refractivity contribution is 9.10. The van der Waals surface area contributed by atoms with Gasteiger partial charge in [-0.1, -0.05) is 30.7 Å². The zero-order chi connectivity index (χ0) is 29.8. The third-order valence-electron chi connectivity index (χ3n) is 8.85. The molecule has 2 N–H and O–H groups in total. The van der Waals surface area contributed by atoms with Crippen LogP contribution in [0.2, 0.25) is 0 Å². The number of hydrogen-bond donors (Lipinski definition) is 2. The van der Waals surface area contributed by atoms with Crippen molar-refractivity contribution in [2.45, 2.75) is 62.1 Å². The Balaban J connectivity index is 1.39. The summed E-state index contributed by atoms with van der Waals surface area (Å²) in [4.78, 5) is 18.7. The van der Waals surface area contributed by atoms with E-state index in [-0.39, 0.29) is 29.4 Å². The van der Waals surface area contributed by atoms with Crippen LogP contribution in [0, 0.1) is 12.8 Å². The molecule has 6 rings (SSSR count). The van der Waals surface area contributed by atoms with Crippen LogP contribution >= 0.6 is 27.3 Å². The van der Waals surface area contributed by atoms with E-state index < -0.39 is 21.5 Å². The van der Waals surface area contributed by atoms with Crippen molar-refractivity contribution < 1.29 is 27.8 Å². The van der Waals surface area contributed by atoms with Crippen molar-refractivity contribution in [3.63, 3.8) is 0 Å². The number of hydrogen-bond acceptors (Lipinski definition) is 8. The molecular weight excluding hydrogens is 642 g/mol. The second-order valence-electron chi connectivity index (χ2n) is 11.2. The van der Waals surface area contributed by atoms with Gasteiger partial charge >= 0.3 is 0 Å². The van der Waals surface area contributed by atoms with Gasteiger partial charge in [0.1, 0.15) is 22.1 Å². The van der Waals surface area contributed by atoms with E-state index in [0.29, 0.717) is 52.4 Å². The van der Waals surface area contributed by atoms with Crippen molar-refractivity contribution in [3.05, 3.63) is 73.9 Å². The van der Waals surface area contributed by atoms with E-state index in [4.69, 9.17) is 9.47 Å². The van der Waals surface area contributed by atoms with Crippen LogP contribution in [0.15, 0.2) is 62.3 Å². The summed E-state index contributed by atoms with van der Waals surface area (Å²) < 4.78 is 39.0. The lowest BCUT2D eigenvalue weighted by molar-refractivity contribution is 0.0342. The smallest absolute Gasteiger partial charge is 0.276 e. The fourth-order valence-electron chi connectivity index (χ4n) is 6.76. The minimum Gasteiger partial charge on any atom is -0.495 e.